The minimum Gasteiger partial charge on any atom is -0.493 e. The Kier molecular flexibility index (Phi) is 6.81. The van der Waals surface area contributed by atoms with Gasteiger partial charge in [0.1, 0.15) is 0 Å². The molecule has 2 aromatic rings. The largest absolute Gasteiger partial charge is 0.493 e. The summed E-state index contributed by atoms with van der Waals surface area (Å²) in [4.78, 5) is 12.2. The van der Waals surface area contributed by atoms with E-state index in [4.69, 9.17) is 9.47 Å². The van der Waals surface area contributed by atoms with Crippen LogP contribution in [0.15, 0.2) is 41.5 Å². The van der Waals surface area contributed by atoms with Gasteiger partial charge in [-0.25, -0.2) is 5.43 Å². The first-order valence-electron chi connectivity index (χ1n) is 7.85. The van der Waals surface area contributed by atoms with Crippen molar-refractivity contribution in [1.29, 1.82) is 0 Å². The van der Waals surface area contributed by atoms with Crippen LogP contribution in [0.3, 0.4) is 0 Å². The smallest absolute Gasteiger partial charge is 0.271 e. The third kappa shape index (κ3) is 5.19. The number of benzene rings is 2. The van der Waals surface area contributed by atoms with Crippen LogP contribution < -0.4 is 14.9 Å². The molecule has 25 heavy (non-hydrogen) atoms. The molecule has 0 aromatic heterocycles. The zero-order valence-electron chi connectivity index (χ0n) is 14.7. The summed E-state index contributed by atoms with van der Waals surface area (Å²) in [5.74, 6) is 1.10. The minimum atomic E-state index is -0.240. The highest BCUT2D eigenvalue weighted by Crippen LogP contribution is 2.34. The Morgan fingerprint density at radius 3 is 2.64 bits per heavy atom. The zero-order valence-corrected chi connectivity index (χ0v) is 16.8. The van der Waals surface area contributed by atoms with Gasteiger partial charge in [-0.3, -0.25) is 4.79 Å². The number of hydrogen-bond donors (Lipinski definition) is 1. The Labute approximate surface area is 161 Å². The number of hydrazone groups is 1. The number of ether oxygens (including phenoxy) is 2. The molecule has 0 saturated carbocycles. The van der Waals surface area contributed by atoms with Crippen molar-refractivity contribution in [3.05, 3.63) is 56.7 Å². The van der Waals surface area contributed by atoms with Crippen LogP contribution in [0, 0.1) is 10.5 Å². The van der Waals surface area contributed by atoms with E-state index in [2.05, 4.69) is 33.1 Å². The van der Waals surface area contributed by atoms with Crippen molar-refractivity contribution < 1.29 is 14.3 Å². The van der Waals surface area contributed by atoms with Crippen molar-refractivity contribution >= 4 is 34.7 Å². The Morgan fingerprint density at radius 2 is 2.00 bits per heavy atom. The predicted octanol–water partition coefficient (Wildman–Crippen LogP) is 4.16. The van der Waals surface area contributed by atoms with Crippen molar-refractivity contribution in [3.63, 3.8) is 0 Å². The summed E-state index contributed by atoms with van der Waals surface area (Å²) in [6.07, 6.45) is 1.63. The number of nitrogens with zero attached hydrogens (tertiary/aromatic N) is 1. The summed E-state index contributed by atoms with van der Waals surface area (Å²) in [6.45, 7) is 5.82. The van der Waals surface area contributed by atoms with E-state index in [9.17, 15) is 4.79 Å². The summed E-state index contributed by atoms with van der Waals surface area (Å²) in [6, 6.07) is 11.1. The van der Waals surface area contributed by atoms with Crippen LogP contribution in [0.1, 0.15) is 35.3 Å². The number of carbonyl (C=O) groups is 1. The fraction of sp³-hybridized carbons (Fsp3) is 0.263. The highest BCUT2D eigenvalue weighted by Gasteiger charge is 2.12. The second kappa shape index (κ2) is 8.84. The molecule has 0 fully saturated rings. The molecular weight excluding hydrogens is 431 g/mol. The van der Waals surface area contributed by atoms with E-state index in [1.54, 1.807) is 19.4 Å². The number of rotatable bonds is 6. The molecule has 2 rings (SSSR count). The standard InChI is InChI=1S/C19H21IN2O3/c1-12(2)25-18-16(20)9-14(10-17(18)24-4)11-21-22-19(23)15-8-6-5-7-13(15)3/h5-12H,1-4H3,(H,22,23)/b21-11+. The maximum absolute atomic E-state index is 12.2. The average molecular weight is 452 g/mol. The van der Waals surface area contributed by atoms with E-state index in [0.29, 0.717) is 17.1 Å². The van der Waals surface area contributed by atoms with E-state index in [1.165, 1.54) is 0 Å². The SMILES string of the molecule is COc1cc(/C=N/NC(=O)c2ccccc2C)cc(I)c1OC(C)C. The third-order valence-electron chi connectivity index (χ3n) is 3.37. The van der Waals surface area contributed by atoms with E-state index >= 15 is 0 Å². The van der Waals surface area contributed by atoms with Gasteiger partial charge in [-0.05, 0) is 72.7 Å². The number of amides is 1. The molecule has 2 aromatic carbocycles. The van der Waals surface area contributed by atoms with Gasteiger partial charge in [-0.2, -0.15) is 5.10 Å². The van der Waals surface area contributed by atoms with Gasteiger partial charge >= 0.3 is 0 Å². The second-order valence-electron chi connectivity index (χ2n) is 5.71. The molecular formula is C19H21IN2O3. The molecule has 0 spiro atoms. The Morgan fingerprint density at radius 1 is 1.28 bits per heavy atom. The summed E-state index contributed by atoms with van der Waals surface area (Å²) in [5.41, 5.74) is 4.86. The number of carbonyl (C=O) groups excluding carboxylic acids is 1. The first-order valence-corrected chi connectivity index (χ1v) is 8.93. The Hall–Kier alpha value is -2.09. The molecule has 0 heterocycles. The quantitative estimate of drug-likeness (QED) is 0.407. The van der Waals surface area contributed by atoms with E-state index in [1.807, 2.05) is 51.1 Å². The molecule has 5 nitrogen and oxygen atoms in total. The second-order valence-corrected chi connectivity index (χ2v) is 6.88. The first-order chi connectivity index (χ1) is 11.9. The molecule has 0 atom stereocenters. The van der Waals surface area contributed by atoms with Gasteiger partial charge in [0.25, 0.3) is 5.91 Å². The summed E-state index contributed by atoms with van der Waals surface area (Å²) in [5, 5.41) is 4.04. The first kappa shape index (κ1) is 19.2. The molecule has 1 N–H and O–H groups in total. The highest BCUT2D eigenvalue weighted by atomic mass is 127. The lowest BCUT2D eigenvalue weighted by atomic mass is 10.1. The average Bonchev–Trinajstić information content (AvgIpc) is 2.57. The van der Waals surface area contributed by atoms with E-state index in [0.717, 1.165) is 14.7 Å². The monoisotopic (exact) mass is 452 g/mol. The number of hydrogen-bond acceptors (Lipinski definition) is 4. The fourth-order valence-electron chi connectivity index (χ4n) is 2.22. The van der Waals surface area contributed by atoms with Gasteiger partial charge in [-0.15, -0.1) is 0 Å². The number of nitrogens with one attached hydrogen (secondary N) is 1. The lowest BCUT2D eigenvalue weighted by molar-refractivity contribution is 0.0954. The van der Waals surface area contributed by atoms with Crippen LogP contribution in [-0.4, -0.2) is 25.3 Å². The van der Waals surface area contributed by atoms with Crippen LogP contribution in [0.4, 0.5) is 0 Å². The molecule has 0 bridgehead atoms. The zero-order chi connectivity index (χ0) is 18.4. The van der Waals surface area contributed by atoms with Crippen molar-refractivity contribution in [2.24, 2.45) is 5.10 Å². The Balaban J connectivity index is 2.14. The predicted molar refractivity (Wildman–Crippen MR) is 108 cm³/mol. The van der Waals surface area contributed by atoms with Crippen molar-refractivity contribution in [3.8, 4) is 11.5 Å². The summed E-state index contributed by atoms with van der Waals surface area (Å²) in [7, 11) is 1.60. The van der Waals surface area contributed by atoms with Gasteiger partial charge < -0.3 is 9.47 Å². The maximum Gasteiger partial charge on any atom is 0.271 e. The van der Waals surface area contributed by atoms with Crippen LogP contribution in [-0.2, 0) is 0 Å². The van der Waals surface area contributed by atoms with Crippen LogP contribution in [0.25, 0.3) is 0 Å². The van der Waals surface area contributed by atoms with Crippen LogP contribution in [0.5, 0.6) is 11.5 Å². The number of aryl methyl sites for hydroxylation is 1. The van der Waals surface area contributed by atoms with Crippen molar-refractivity contribution in [2.45, 2.75) is 26.9 Å². The van der Waals surface area contributed by atoms with Gasteiger partial charge in [0, 0.05) is 5.56 Å². The lowest BCUT2D eigenvalue weighted by Crippen LogP contribution is -2.18. The van der Waals surface area contributed by atoms with Gasteiger partial charge in [0.05, 0.1) is 23.0 Å². The van der Waals surface area contributed by atoms with Gasteiger partial charge in [0.2, 0.25) is 0 Å². The normalized spacial score (nSPS) is 11.0. The topological polar surface area (TPSA) is 59.9 Å². The lowest BCUT2D eigenvalue weighted by Gasteiger charge is -2.15. The minimum absolute atomic E-state index is 0.0512. The molecule has 0 aliphatic heterocycles. The molecule has 0 radical (unpaired) electrons. The van der Waals surface area contributed by atoms with Crippen LogP contribution in [0.2, 0.25) is 0 Å². The molecule has 132 valence electrons. The number of methoxy groups -OCH3 is 1. The van der Waals surface area contributed by atoms with Crippen molar-refractivity contribution in [1.82, 2.24) is 5.43 Å². The molecule has 6 heteroatoms. The molecule has 1 amide bonds. The number of halogens is 1. The molecule has 0 saturated heterocycles. The van der Waals surface area contributed by atoms with Gasteiger partial charge in [-0.1, -0.05) is 18.2 Å². The molecule has 0 aliphatic rings. The van der Waals surface area contributed by atoms with Crippen molar-refractivity contribution in [2.75, 3.05) is 7.11 Å². The fourth-order valence-corrected chi connectivity index (χ4v) is 2.97. The van der Waals surface area contributed by atoms with Gasteiger partial charge in [0.15, 0.2) is 11.5 Å². The summed E-state index contributed by atoms with van der Waals surface area (Å²) >= 11 is 2.19. The Bertz CT molecular complexity index is 788. The van der Waals surface area contributed by atoms with Crippen LogP contribution >= 0.6 is 22.6 Å². The van der Waals surface area contributed by atoms with E-state index < -0.39 is 0 Å². The summed E-state index contributed by atoms with van der Waals surface area (Å²) < 4.78 is 12.1. The highest BCUT2D eigenvalue weighted by molar-refractivity contribution is 14.1. The molecule has 0 aliphatic carbocycles. The molecule has 0 unspecified atom stereocenters. The third-order valence-corrected chi connectivity index (χ3v) is 4.18. The van der Waals surface area contributed by atoms with E-state index in [-0.39, 0.29) is 12.0 Å². The maximum atomic E-state index is 12.2.